The number of aryl methyl sites for hydroxylation is 1. The number of alkyl halides is 3. The molecule has 25 heavy (non-hydrogen) atoms. The molecule has 0 N–H and O–H groups in total. The Bertz CT molecular complexity index is 893. The molecule has 9 heteroatoms. The third-order valence-corrected chi connectivity index (χ3v) is 4.46. The molecule has 1 heterocycles. The number of aromatic nitrogens is 1. The van der Waals surface area contributed by atoms with Crippen LogP contribution in [-0.4, -0.2) is 18.9 Å². The summed E-state index contributed by atoms with van der Waals surface area (Å²) in [7, 11) is -5.87. The molecule has 0 unspecified atom stereocenters. The summed E-state index contributed by atoms with van der Waals surface area (Å²) in [4.78, 5) is 3.39. The van der Waals surface area contributed by atoms with Gasteiger partial charge in [-0.2, -0.15) is 26.0 Å². The van der Waals surface area contributed by atoms with Gasteiger partial charge in [-0.05, 0) is 35.6 Å². The van der Waals surface area contributed by atoms with Gasteiger partial charge in [0.15, 0.2) is 5.75 Å². The van der Waals surface area contributed by atoms with E-state index in [9.17, 15) is 26.0 Å². The van der Waals surface area contributed by atoms with Gasteiger partial charge < -0.3 is 4.18 Å². The van der Waals surface area contributed by atoms with Crippen LogP contribution in [-0.2, 0) is 10.1 Å². The molecule has 0 spiro atoms. The van der Waals surface area contributed by atoms with Gasteiger partial charge in [-0.25, -0.2) is 4.98 Å². The van der Waals surface area contributed by atoms with Crippen molar-refractivity contribution in [1.82, 2.24) is 4.98 Å². The summed E-state index contributed by atoms with van der Waals surface area (Å²) in [6.45, 7) is 4.91. The molecule has 1 aromatic carbocycles. The molecule has 2 rings (SSSR count). The van der Waals surface area contributed by atoms with E-state index in [1.807, 2.05) is 0 Å². The average Bonchev–Trinajstić information content (AvgIpc) is 2.45. The minimum Gasteiger partial charge on any atom is -0.375 e. The lowest BCUT2D eigenvalue weighted by molar-refractivity contribution is -0.0500. The maximum absolute atomic E-state index is 13.5. The minimum absolute atomic E-state index is 0.0697. The molecule has 2 aromatic rings. The van der Waals surface area contributed by atoms with Gasteiger partial charge in [0.1, 0.15) is 0 Å². The summed E-state index contributed by atoms with van der Waals surface area (Å²) in [5, 5.41) is 0. The first kappa shape index (κ1) is 19.2. The lowest BCUT2D eigenvalue weighted by atomic mass is 9.93. The normalized spacial score (nSPS) is 12.5. The van der Waals surface area contributed by atoms with Gasteiger partial charge in [-0.3, -0.25) is 0 Å². The fourth-order valence-corrected chi connectivity index (χ4v) is 2.81. The van der Waals surface area contributed by atoms with Crippen LogP contribution in [0.25, 0.3) is 11.1 Å². The van der Waals surface area contributed by atoms with E-state index in [0.29, 0.717) is 5.56 Å². The first-order valence-corrected chi connectivity index (χ1v) is 8.61. The largest absolute Gasteiger partial charge is 0.534 e. The second-order valence-electron chi connectivity index (χ2n) is 5.68. The maximum atomic E-state index is 13.5. The van der Waals surface area contributed by atoms with Crippen LogP contribution in [0.3, 0.4) is 0 Å². The highest BCUT2D eigenvalue weighted by molar-refractivity contribution is 7.88. The highest BCUT2D eigenvalue weighted by Gasteiger charge is 2.49. The van der Waals surface area contributed by atoms with Crippen LogP contribution >= 0.6 is 0 Å². The topological polar surface area (TPSA) is 56.3 Å². The number of pyridine rings is 1. The Morgan fingerprint density at radius 3 is 2.32 bits per heavy atom. The van der Waals surface area contributed by atoms with Crippen molar-refractivity contribution in [2.75, 3.05) is 0 Å². The molecule has 0 amide bonds. The summed E-state index contributed by atoms with van der Waals surface area (Å²) in [6, 6.07) is 5.46. The van der Waals surface area contributed by atoms with Crippen LogP contribution in [0.5, 0.6) is 5.75 Å². The van der Waals surface area contributed by atoms with Gasteiger partial charge in [-0.15, -0.1) is 0 Å². The number of hydrogen-bond donors (Lipinski definition) is 0. The van der Waals surface area contributed by atoms with Crippen molar-refractivity contribution in [3.8, 4) is 16.9 Å². The predicted octanol–water partition coefficient (Wildman–Crippen LogP) is 4.55. The first-order valence-electron chi connectivity index (χ1n) is 7.20. The lowest BCUT2D eigenvalue weighted by Crippen LogP contribution is -2.28. The number of hydrogen-bond acceptors (Lipinski definition) is 4. The van der Waals surface area contributed by atoms with Crippen LogP contribution in [0.1, 0.15) is 30.9 Å². The molecule has 0 radical (unpaired) electrons. The highest BCUT2D eigenvalue weighted by atomic mass is 32.2. The number of benzene rings is 1. The quantitative estimate of drug-likeness (QED) is 0.340. The Labute approximate surface area is 142 Å². The van der Waals surface area contributed by atoms with E-state index in [1.165, 1.54) is 12.1 Å². The third kappa shape index (κ3) is 3.92. The second kappa shape index (κ2) is 6.62. The Kier molecular flexibility index (Phi) is 5.08. The van der Waals surface area contributed by atoms with Crippen LogP contribution in [0.4, 0.5) is 17.6 Å². The molecule has 1 aromatic heterocycles. The Morgan fingerprint density at radius 1 is 1.16 bits per heavy atom. The smallest absolute Gasteiger partial charge is 0.375 e. The van der Waals surface area contributed by atoms with Crippen LogP contribution in [0.2, 0.25) is 0 Å². The Morgan fingerprint density at radius 2 is 1.80 bits per heavy atom. The van der Waals surface area contributed by atoms with Crippen molar-refractivity contribution in [3.05, 3.63) is 47.5 Å². The summed E-state index contributed by atoms with van der Waals surface area (Å²) in [5.74, 6) is -1.64. The van der Waals surface area contributed by atoms with Gasteiger partial charge in [0, 0.05) is 17.8 Å². The zero-order valence-electron chi connectivity index (χ0n) is 13.6. The summed E-state index contributed by atoms with van der Waals surface area (Å²) in [5.41, 5.74) is -4.65. The van der Waals surface area contributed by atoms with Gasteiger partial charge >= 0.3 is 15.6 Å². The molecule has 0 aliphatic carbocycles. The average molecular weight is 377 g/mol. The molecule has 0 atom stereocenters. The van der Waals surface area contributed by atoms with Crippen molar-refractivity contribution >= 4 is 10.1 Å². The molecular weight excluding hydrogens is 362 g/mol. The fraction of sp³-hybridized carbons (Fsp3) is 0.312. The van der Waals surface area contributed by atoms with Crippen LogP contribution < -0.4 is 4.18 Å². The van der Waals surface area contributed by atoms with E-state index < -0.39 is 27.3 Å². The molecule has 0 saturated heterocycles. The monoisotopic (exact) mass is 377 g/mol. The van der Waals surface area contributed by atoms with E-state index in [-0.39, 0.29) is 22.6 Å². The number of halogens is 4. The molecule has 136 valence electrons. The Balaban J connectivity index is 2.77. The molecule has 0 aliphatic rings. The molecule has 0 fully saturated rings. The Hall–Kier alpha value is -2.16. The lowest BCUT2D eigenvalue weighted by Gasteiger charge is -2.20. The first-order chi connectivity index (χ1) is 11.4. The maximum Gasteiger partial charge on any atom is 0.534 e. The highest BCUT2D eigenvalue weighted by Crippen LogP contribution is 2.41. The molecule has 0 bridgehead atoms. The minimum atomic E-state index is -5.87. The van der Waals surface area contributed by atoms with E-state index in [4.69, 9.17) is 0 Å². The number of nitrogens with zero attached hydrogens (tertiary/aromatic N) is 1. The summed E-state index contributed by atoms with van der Waals surface area (Å²) < 4.78 is 79.3. The standard InChI is InChI=1S/C16H15F4NO3S/c1-9(2)12-5-4-10(3)14(11-6-7-21-13(17)8-11)15(12)24-25(22,23)16(18,19)20/h4-9H,1-3H3. The van der Waals surface area contributed by atoms with Crippen molar-refractivity contribution in [2.24, 2.45) is 0 Å². The second-order valence-corrected chi connectivity index (χ2v) is 7.22. The van der Waals surface area contributed by atoms with Crippen LogP contribution in [0, 0.1) is 12.9 Å². The zero-order valence-corrected chi connectivity index (χ0v) is 14.4. The van der Waals surface area contributed by atoms with Gasteiger partial charge in [0.05, 0.1) is 0 Å². The van der Waals surface area contributed by atoms with Gasteiger partial charge in [-0.1, -0.05) is 26.0 Å². The zero-order chi connectivity index (χ0) is 19.0. The van der Waals surface area contributed by atoms with Crippen molar-refractivity contribution < 1.29 is 30.2 Å². The van der Waals surface area contributed by atoms with Crippen molar-refractivity contribution in [2.45, 2.75) is 32.2 Å². The van der Waals surface area contributed by atoms with Crippen LogP contribution in [0.15, 0.2) is 30.5 Å². The van der Waals surface area contributed by atoms with Gasteiger partial charge in [0.25, 0.3) is 0 Å². The molecule has 0 aliphatic heterocycles. The number of rotatable bonds is 4. The summed E-state index contributed by atoms with van der Waals surface area (Å²) in [6.07, 6.45) is 1.13. The summed E-state index contributed by atoms with van der Waals surface area (Å²) >= 11 is 0. The predicted molar refractivity (Wildman–Crippen MR) is 84.1 cm³/mol. The van der Waals surface area contributed by atoms with Crippen molar-refractivity contribution in [1.29, 1.82) is 0 Å². The van der Waals surface area contributed by atoms with Gasteiger partial charge in [0.2, 0.25) is 5.95 Å². The van der Waals surface area contributed by atoms with E-state index in [0.717, 1.165) is 12.3 Å². The molecule has 0 saturated carbocycles. The fourth-order valence-electron chi connectivity index (χ4n) is 2.32. The van der Waals surface area contributed by atoms with E-state index >= 15 is 0 Å². The van der Waals surface area contributed by atoms with E-state index in [1.54, 1.807) is 26.8 Å². The SMILES string of the molecule is Cc1ccc(C(C)C)c(OS(=O)(=O)C(F)(F)F)c1-c1ccnc(F)c1. The molecule has 4 nitrogen and oxygen atoms in total. The molecular formula is C16H15F4NO3S. The van der Waals surface area contributed by atoms with E-state index in [2.05, 4.69) is 9.17 Å². The third-order valence-electron chi connectivity index (χ3n) is 3.51. The van der Waals surface area contributed by atoms with Crippen molar-refractivity contribution in [3.63, 3.8) is 0 Å².